The van der Waals surface area contributed by atoms with Gasteiger partial charge in [-0.1, -0.05) is 49.0 Å². The third kappa shape index (κ3) is 1.68. The molecule has 0 aliphatic heterocycles. The van der Waals surface area contributed by atoms with E-state index in [9.17, 15) is 0 Å². The summed E-state index contributed by atoms with van der Waals surface area (Å²) in [5.41, 5.74) is 2.39. The summed E-state index contributed by atoms with van der Waals surface area (Å²) in [6.07, 6.45) is 3.88. The quantitative estimate of drug-likeness (QED) is 0.344. The van der Waals surface area contributed by atoms with E-state index in [1.807, 2.05) is 12.4 Å². The predicted octanol–water partition coefficient (Wildman–Crippen LogP) is 6.15. The summed E-state index contributed by atoms with van der Waals surface area (Å²) in [6.45, 7) is 3.89. The minimum atomic E-state index is 1.17. The molecule has 108 valence electrons. The molecule has 0 bridgehead atoms. The van der Waals surface area contributed by atoms with E-state index >= 15 is 0 Å². The van der Waals surface area contributed by atoms with E-state index in [0.29, 0.717) is 0 Å². The van der Waals surface area contributed by atoms with Gasteiger partial charge in [0.1, 0.15) is 0 Å². The minimum absolute atomic E-state index is 1.17. The fourth-order valence-corrected chi connectivity index (χ4v) is 3.70. The lowest BCUT2D eigenvalue weighted by Gasteiger charge is -2.13. The molecule has 1 nitrogen and oxygen atoms in total. The lowest BCUT2D eigenvalue weighted by Crippen LogP contribution is -1.89. The molecular formula is C22H15N. The molecule has 23 heavy (non-hydrogen) atoms. The van der Waals surface area contributed by atoms with Crippen molar-refractivity contribution in [2.45, 2.75) is 0 Å². The first-order valence-corrected chi connectivity index (χ1v) is 7.82. The summed E-state index contributed by atoms with van der Waals surface area (Å²) in [5, 5.41) is 7.93. The second-order valence-corrected chi connectivity index (χ2v) is 5.99. The van der Waals surface area contributed by atoms with E-state index in [1.165, 1.54) is 43.6 Å². The Kier molecular flexibility index (Phi) is 2.42. The number of aromatic nitrogens is 1. The van der Waals surface area contributed by atoms with Crippen molar-refractivity contribution in [3.63, 3.8) is 0 Å². The topological polar surface area (TPSA) is 4.93 Å². The van der Waals surface area contributed by atoms with Crippen molar-refractivity contribution < 1.29 is 0 Å². The number of benzene rings is 4. The van der Waals surface area contributed by atoms with Crippen molar-refractivity contribution in [2.24, 2.45) is 0 Å². The van der Waals surface area contributed by atoms with Crippen molar-refractivity contribution in [1.82, 2.24) is 4.57 Å². The monoisotopic (exact) mass is 293 g/mol. The van der Waals surface area contributed by atoms with E-state index in [-0.39, 0.29) is 0 Å². The summed E-state index contributed by atoms with van der Waals surface area (Å²) in [6, 6.07) is 24.2. The van der Waals surface area contributed by atoms with Crippen molar-refractivity contribution in [3.8, 4) is 11.3 Å². The van der Waals surface area contributed by atoms with Crippen LogP contribution in [0.5, 0.6) is 0 Å². The molecule has 0 radical (unpaired) electrons. The summed E-state index contributed by atoms with van der Waals surface area (Å²) < 4.78 is 2.06. The molecule has 4 aromatic carbocycles. The molecular weight excluding hydrogens is 278 g/mol. The zero-order chi connectivity index (χ0) is 15.4. The Bertz CT molecular complexity index is 1110. The van der Waals surface area contributed by atoms with Crippen LogP contribution in [0.2, 0.25) is 0 Å². The Morgan fingerprint density at radius 2 is 1.30 bits per heavy atom. The van der Waals surface area contributed by atoms with Crippen molar-refractivity contribution in [1.29, 1.82) is 0 Å². The molecule has 1 aromatic heterocycles. The van der Waals surface area contributed by atoms with Crippen LogP contribution in [0.25, 0.3) is 49.8 Å². The van der Waals surface area contributed by atoms with Gasteiger partial charge in [-0.15, -0.1) is 0 Å². The fourth-order valence-electron chi connectivity index (χ4n) is 3.70. The van der Waals surface area contributed by atoms with Crippen LogP contribution in [0.3, 0.4) is 0 Å². The maximum absolute atomic E-state index is 3.89. The average Bonchev–Trinajstić information content (AvgIpc) is 3.08. The SMILES string of the molecule is C=Cn1cccc1-c1cc2ccc3cccc4ccc(c1)c2c34. The third-order valence-electron chi connectivity index (χ3n) is 4.73. The second-order valence-electron chi connectivity index (χ2n) is 5.99. The van der Waals surface area contributed by atoms with Gasteiger partial charge in [0.05, 0.1) is 5.69 Å². The maximum atomic E-state index is 3.89. The molecule has 0 fully saturated rings. The first kappa shape index (κ1) is 12.5. The Morgan fingerprint density at radius 1 is 0.696 bits per heavy atom. The molecule has 0 saturated carbocycles. The fraction of sp³-hybridized carbons (Fsp3) is 0. The molecule has 0 atom stereocenters. The Hall–Kier alpha value is -3.06. The number of hydrogen-bond donors (Lipinski definition) is 0. The summed E-state index contributed by atoms with van der Waals surface area (Å²) in [5.74, 6) is 0. The Morgan fingerprint density at radius 3 is 1.96 bits per heavy atom. The van der Waals surface area contributed by atoms with E-state index in [2.05, 4.69) is 77.9 Å². The third-order valence-corrected chi connectivity index (χ3v) is 4.73. The lowest BCUT2D eigenvalue weighted by atomic mass is 9.92. The number of rotatable bonds is 2. The van der Waals surface area contributed by atoms with Crippen LogP contribution in [-0.2, 0) is 0 Å². The van der Waals surface area contributed by atoms with Gasteiger partial charge < -0.3 is 4.57 Å². The highest BCUT2D eigenvalue weighted by Gasteiger charge is 2.10. The predicted molar refractivity (Wildman–Crippen MR) is 100.0 cm³/mol. The molecule has 0 amide bonds. The van der Waals surface area contributed by atoms with Gasteiger partial charge in [-0.3, -0.25) is 0 Å². The second kappa shape index (κ2) is 4.47. The summed E-state index contributed by atoms with van der Waals surface area (Å²) in [4.78, 5) is 0. The molecule has 1 heterocycles. The molecule has 0 unspecified atom stereocenters. The first-order valence-electron chi connectivity index (χ1n) is 7.82. The highest BCUT2D eigenvalue weighted by Crippen LogP contribution is 2.37. The van der Waals surface area contributed by atoms with Gasteiger partial charge in [0.15, 0.2) is 0 Å². The van der Waals surface area contributed by atoms with Crippen LogP contribution >= 0.6 is 0 Å². The molecule has 0 spiro atoms. The molecule has 0 saturated heterocycles. The van der Waals surface area contributed by atoms with E-state index in [1.54, 1.807) is 0 Å². The standard InChI is InChI=1S/C22H15N/c1-2-23-12-4-7-20(23)19-13-17-10-8-15-5-3-6-16-9-11-18(14-19)22(17)21(15)16/h2-14H,1H2. The molecule has 0 N–H and O–H groups in total. The van der Waals surface area contributed by atoms with Crippen molar-refractivity contribution >= 4 is 38.5 Å². The Labute approximate surface area is 134 Å². The largest absolute Gasteiger partial charge is 0.324 e. The van der Waals surface area contributed by atoms with Crippen LogP contribution in [0, 0.1) is 0 Å². The van der Waals surface area contributed by atoms with Crippen LogP contribution < -0.4 is 0 Å². The Balaban J connectivity index is 1.93. The molecule has 0 aliphatic carbocycles. The normalized spacial score (nSPS) is 11.7. The minimum Gasteiger partial charge on any atom is -0.324 e. The van der Waals surface area contributed by atoms with Crippen molar-refractivity contribution in [2.75, 3.05) is 0 Å². The van der Waals surface area contributed by atoms with Gasteiger partial charge in [-0.2, -0.15) is 0 Å². The maximum Gasteiger partial charge on any atom is 0.0522 e. The molecule has 5 rings (SSSR count). The highest BCUT2D eigenvalue weighted by molar-refractivity contribution is 6.23. The lowest BCUT2D eigenvalue weighted by molar-refractivity contribution is 1.18. The van der Waals surface area contributed by atoms with Gasteiger partial charge in [0.25, 0.3) is 0 Å². The average molecular weight is 293 g/mol. The van der Waals surface area contributed by atoms with Gasteiger partial charge in [-0.05, 0) is 62.1 Å². The van der Waals surface area contributed by atoms with E-state index in [4.69, 9.17) is 0 Å². The van der Waals surface area contributed by atoms with E-state index < -0.39 is 0 Å². The van der Waals surface area contributed by atoms with Gasteiger partial charge >= 0.3 is 0 Å². The smallest absolute Gasteiger partial charge is 0.0522 e. The van der Waals surface area contributed by atoms with Crippen molar-refractivity contribution in [3.05, 3.63) is 79.5 Å². The zero-order valence-corrected chi connectivity index (χ0v) is 12.7. The van der Waals surface area contributed by atoms with Crippen LogP contribution in [0.4, 0.5) is 0 Å². The van der Waals surface area contributed by atoms with Crippen LogP contribution in [0.1, 0.15) is 0 Å². The zero-order valence-electron chi connectivity index (χ0n) is 12.7. The number of nitrogens with zero attached hydrogens (tertiary/aromatic N) is 1. The highest BCUT2D eigenvalue weighted by atomic mass is 14.9. The summed E-state index contributed by atoms with van der Waals surface area (Å²) >= 11 is 0. The molecule has 1 heteroatoms. The van der Waals surface area contributed by atoms with E-state index in [0.717, 1.165) is 0 Å². The molecule has 0 aliphatic rings. The van der Waals surface area contributed by atoms with Gasteiger partial charge in [0.2, 0.25) is 0 Å². The first-order chi connectivity index (χ1) is 11.3. The molecule has 5 aromatic rings. The number of hydrogen-bond acceptors (Lipinski definition) is 0. The van der Waals surface area contributed by atoms with Gasteiger partial charge in [-0.25, -0.2) is 0 Å². The van der Waals surface area contributed by atoms with Crippen LogP contribution in [0.15, 0.2) is 79.5 Å². The summed E-state index contributed by atoms with van der Waals surface area (Å²) in [7, 11) is 0. The van der Waals surface area contributed by atoms with Gasteiger partial charge in [0, 0.05) is 12.4 Å². The van der Waals surface area contributed by atoms with Crippen LogP contribution in [-0.4, -0.2) is 4.57 Å².